The monoisotopic (exact) mass is 1650 g/mol. The quantitative estimate of drug-likeness (QED) is 0.0455. The Kier molecular flexibility index (Phi) is 41.3. The number of hydrogen-bond acceptors (Lipinski definition) is 7. The first-order valence-corrected chi connectivity index (χ1v) is 44.3. The van der Waals surface area contributed by atoms with Crippen LogP contribution in [0.3, 0.4) is 0 Å². The van der Waals surface area contributed by atoms with Crippen LogP contribution < -0.4 is 4.73 Å². The number of carbonyl (C=O) groups is 3. The Morgan fingerprint density at radius 1 is 0.429 bits per heavy atom. The van der Waals surface area contributed by atoms with Crippen molar-refractivity contribution >= 4 is 134 Å². The number of carbonyl (C=O) groups excluding carboxylic acids is 2. The van der Waals surface area contributed by atoms with Crippen molar-refractivity contribution in [1.82, 2.24) is 4.98 Å². The number of esters is 2. The zero-order chi connectivity index (χ0) is 70.0. The van der Waals surface area contributed by atoms with Crippen LogP contribution in [0.2, 0.25) is 35.2 Å². The second-order valence-electron chi connectivity index (χ2n) is 28.1. The molecule has 6 saturated carbocycles. The van der Waals surface area contributed by atoms with Crippen LogP contribution in [0.4, 0.5) is 0 Å². The summed E-state index contributed by atoms with van der Waals surface area (Å²) in [7, 11) is 10.4. The van der Waals surface area contributed by atoms with Gasteiger partial charge in [-0.05, 0) is 223 Å². The average Bonchev–Trinajstić information content (AvgIpc) is 0.848. The van der Waals surface area contributed by atoms with Crippen molar-refractivity contribution in [2.75, 3.05) is 0 Å². The molecule has 0 amide bonds. The molecule has 0 radical (unpaired) electrons. The van der Waals surface area contributed by atoms with Gasteiger partial charge in [0.25, 0.3) is 0 Å². The molecule has 0 saturated heterocycles. The molecule has 0 unspecified atom stereocenters. The van der Waals surface area contributed by atoms with Crippen LogP contribution in [-0.2, 0) is 25.4 Å². The topological polar surface area (TPSA) is 130 Å². The minimum absolute atomic E-state index is 0. The van der Waals surface area contributed by atoms with Gasteiger partial charge in [-0.2, -0.15) is 4.73 Å². The standard InChI is InChI=1S/2C18H33P.C16H15Cl2NO2.C12H7Cl2NO3.C11H11Cl3O2.2CH4.2ClH.Pd/c2*1-4-10-16(11-5-1)19(17-12-6-2-7-13-17)18-14-8-3-9-15-18;1-16(2,3)21-15(20)14-12(17)8-11(9-13(14)18)10-4-6-19-7-5-10;13-9-5-8(6-10(14)11(9)12(16)17)7-1-3-15(18)4-2-7;1-11(2,3)16-10(15)9-7(13)4-6(12)5-8(9)14;;;;;/h2*16-18H,1-15H2;4-9H,1-3H3;1-6H,(H,16,17);4-5H,1-3H3;2*1H4;2*1H;/q;;;;;;;;;+2/p-2. The third-order valence-corrected chi connectivity index (χ3v) is 28.8. The number of carboxylic acid groups (broad SMARTS) is 1. The summed E-state index contributed by atoms with van der Waals surface area (Å²) in [6.07, 6.45) is 53.3. The van der Waals surface area contributed by atoms with Crippen molar-refractivity contribution in [3.63, 3.8) is 0 Å². The van der Waals surface area contributed by atoms with E-state index in [9.17, 15) is 19.6 Å². The Labute approximate surface area is 641 Å². The van der Waals surface area contributed by atoms with E-state index in [1.165, 1.54) is 109 Å². The van der Waals surface area contributed by atoms with Gasteiger partial charge in [-0.3, -0.25) is 4.98 Å². The number of halogens is 9. The average molecular weight is 1660 g/mol. The van der Waals surface area contributed by atoms with Crippen molar-refractivity contribution in [1.29, 1.82) is 0 Å². The molecule has 6 aliphatic rings. The predicted octanol–water partition coefficient (Wildman–Crippen LogP) is 28.2. The molecule has 0 bridgehead atoms. The molecule has 0 spiro atoms. The molecular formula is C77H107Cl9N2O7P2Pd. The van der Waals surface area contributed by atoms with Crippen LogP contribution in [0, 0.1) is 5.21 Å². The second-order valence-corrected chi connectivity index (χ2v) is 39.5. The number of carboxylic acids is 1. The second kappa shape index (κ2) is 45.6. The Bertz CT molecular complexity index is 2970. The molecule has 98 heavy (non-hydrogen) atoms. The van der Waals surface area contributed by atoms with Crippen LogP contribution >= 0.6 is 116 Å². The van der Waals surface area contributed by atoms with E-state index in [1.807, 2.05) is 12.1 Å². The molecule has 6 fully saturated rings. The Morgan fingerprint density at radius 3 is 0.908 bits per heavy atom. The van der Waals surface area contributed by atoms with Gasteiger partial charge in [-0.1, -0.05) is 227 Å². The Balaban J connectivity index is 0.000000257. The van der Waals surface area contributed by atoms with Crippen molar-refractivity contribution in [3.05, 3.63) is 143 Å². The van der Waals surface area contributed by atoms with E-state index in [0.717, 1.165) is 16.7 Å². The predicted molar refractivity (Wildman–Crippen MR) is 420 cm³/mol. The van der Waals surface area contributed by atoms with Gasteiger partial charge in [0, 0.05) is 29.5 Å². The molecule has 2 heterocycles. The van der Waals surface area contributed by atoms with Gasteiger partial charge in [0.1, 0.15) is 11.2 Å². The van der Waals surface area contributed by atoms with E-state index >= 15 is 0 Å². The number of ether oxygens (including phenoxy) is 2. The Hall–Kier alpha value is -1.70. The number of nitrogens with zero attached hydrogens (tertiary/aromatic N) is 2. The van der Waals surface area contributed by atoms with E-state index in [0.29, 0.717) is 31.2 Å². The van der Waals surface area contributed by atoms with Crippen LogP contribution in [0.25, 0.3) is 22.3 Å². The number of rotatable bonds is 11. The van der Waals surface area contributed by atoms with E-state index < -0.39 is 29.1 Å². The summed E-state index contributed by atoms with van der Waals surface area (Å²) in [5.41, 5.74) is 9.25. The number of benzene rings is 3. The number of aromatic nitrogens is 2. The van der Waals surface area contributed by atoms with Gasteiger partial charge in [0.15, 0.2) is 12.4 Å². The fourth-order valence-electron chi connectivity index (χ4n) is 14.5. The zero-order valence-electron chi connectivity index (χ0n) is 56.7. The maximum atomic E-state index is 12.1. The normalized spacial score (nSPS) is 17.6. The van der Waals surface area contributed by atoms with Gasteiger partial charge < -0.3 is 19.8 Å². The first-order chi connectivity index (χ1) is 45.8. The molecule has 2 aromatic heterocycles. The molecule has 3 aromatic carbocycles. The molecule has 1 N–H and O–H groups in total. The summed E-state index contributed by atoms with van der Waals surface area (Å²) in [5.74, 6) is -2.26. The van der Waals surface area contributed by atoms with E-state index in [1.54, 1.807) is 232 Å². The van der Waals surface area contributed by atoms with Gasteiger partial charge in [-0.15, -0.1) is 0 Å². The van der Waals surface area contributed by atoms with Crippen LogP contribution in [0.1, 0.15) is 280 Å². The summed E-state index contributed by atoms with van der Waals surface area (Å²) in [6, 6.07) is 16.2. The van der Waals surface area contributed by atoms with Crippen LogP contribution in [0.15, 0.2) is 85.5 Å². The first kappa shape index (κ1) is 88.7. The molecule has 11 rings (SSSR count). The van der Waals surface area contributed by atoms with Gasteiger partial charge in [0.2, 0.25) is 0 Å². The fraction of sp³-hybridized carbons (Fsp3) is 0.597. The molecule has 550 valence electrons. The molecule has 5 aromatic rings. The minimum atomic E-state index is -1.18. The Morgan fingerprint density at radius 2 is 0.663 bits per heavy atom. The zero-order valence-corrected chi connectivity index (χ0v) is 66.8. The SMILES string of the molecule is C.C.C1CCC(P(C2CCCCC2)C2CCCCC2)CC1.C1CCC(P(C2CCCCC2)C2CCCCC2)CC1.CC(C)(C)OC(=O)c1c(Cl)cc(-c2ccncc2)cc1Cl.CC(C)(C)OC(=O)c1c(Cl)cc(Cl)cc1Cl.O=C(O)c1c(Cl)cc(-c2cc[n+]([O-])cc2)cc1Cl.[Cl][Pd][Cl]. The van der Waals surface area contributed by atoms with E-state index in [2.05, 4.69) is 4.98 Å². The van der Waals surface area contributed by atoms with Gasteiger partial charge in [0.05, 0.1) is 46.8 Å². The van der Waals surface area contributed by atoms with Gasteiger partial charge in [-0.25, -0.2) is 14.4 Å². The number of hydrogen-bond donors (Lipinski definition) is 1. The maximum absolute atomic E-state index is 12.1. The van der Waals surface area contributed by atoms with Crippen molar-refractivity contribution in [3.8, 4) is 22.3 Å². The molecule has 21 heteroatoms. The third kappa shape index (κ3) is 29.7. The van der Waals surface area contributed by atoms with Crippen molar-refractivity contribution in [2.24, 2.45) is 0 Å². The molecule has 0 aliphatic heterocycles. The number of aromatic carboxylic acids is 1. The summed E-state index contributed by atoms with van der Waals surface area (Å²) in [5, 5.41) is 21.3. The molecule has 9 nitrogen and oxygen atoms in total. The van der Waals surface area contributed by atoms with Crippen molar-refractivity contribution in [2.45, 2.75) is 294 Å². The van der Waals surface area contributed by atoms with Gasteiger partial charge >= 0.3 is 52.9 Å². The summed E-state index contributed by atoms with van der Waals surface area (Å²) >= 11 is 41.6. The first-order valence-electron chi connectivity index (χ1n) is 34.6. The summed E-state index contributed by atoms with van der Waals surface area (Å²) in [4.78, 5) is 38.8. The molecular weight excluding hydrogens is 1550 g/mol. The van der Waals surface area contributed by atoms with Crippen LogP contribution in [0.5, 0.6) is 0 Å². The third-order valence-electron chi connectivity index (χ3n) is 18.6. The van der Waals surface area contributed by atoms with E-state index in [-0.39, 0.29) is 77.6 Å². The van der Waals surface area contributed by atoms with Crippen molar-refractivity contribution < 1.29 is 49.6 Å². The van der Waals surface area contributed by atoms with E-state index in [4.69, 9.17) is 115 Å². The molecule has 6 aliphatic carbocycles. The fourth-order valence-corrected chi connectivity index (χ4v) is 26.1. The summed E-state index contributed by atoms with van der Waals surface area (Å²) < 4.78 is 11.1. The number of pyridine rings is 2. The molecule has 0 atom stereocenters. The summed E-state index contributed by atoms with van der Waals surface area (Å²) in [6.45, 7) is 10.7. The van der Waals surface area contributed by atoms with Crippen LogP contribution in [-0.4, -0.2) is 73.2 Å².